The Morgan fingerprint density at radius 3 is 2.83 bits per heavy atom. The standard InChI is InChI=1S/C11H8ClN5O/c1-16-10(18)7-6-14-11(12)15-9(7)17(16)8-4-2-3-5-13-8/h2-6H,1H3. The van der Waals surface area contributed by atoms with Gasteiger partial charge in [0.25, 0.3) is 5.56 Å². The van der Waals surface area contributed by atoms with Crippen LogP contribution in [0.25, 0.3) is 16.9 Å². The highest BCUT2D eigenvalue weighted by Crippen LogP contribution is 2.13. The van der Waals surface area contributed by atoms with Gasteiger partial charge in [0.15, 0.2) is 11.5 Å². The number of rotatable bonds is 1. The molecule has 0 N–H and O–H groups in total. The van der Waals surface area contributed by atoms with E-state index < -0.39 is 0 Å². The van der Waals surface area contributed by atoms with Crippen molar-refractivity contribution in [1.82, 2.24) is 24.3 Å². The zero-order chi connectivity index (χ0) is 12.7. The maximum absolute atomic E-state index is 12.0. The minimum Gasteiger partial charge on any atom is -0.267 e. The van der Waals surface area contributed by atoms with Crippen LogP contribution in [0.4, 0.5) is 0 Å². The Morgan fingerprint density at radius 1 is 1.28 bits per heavy atom. The molecule has 3 rings (SSSR count). The van der Waals surface area contributed by atoms with Crippen molar-refractivity contribution in [2.45, 2.75) is 0 Å². The summed E-state index contributed by atoms with van der Waals surface area (Å²) in [6, 6.07) is 5.42. The molecule has 0 unspecified atom stereocenters. The van der Waals surface area contributed by atoms with Crippen LogP contribution in [0.3, 0.4) is 0 Å². The van der Waals surface area contributed by atoms with E-state index in [1.54, 1.807) is 30.1 Å². The lowest BCUT2D eigenvalue weighted by Gasteiger charge is -2.06. The van der Waals surface area contributed by atoms with Crippen LogP contribution in [-0.2, 0) is 7.05 Å². The van der Waals surface area contributed by atoms with Gasteiger partial charge >= 0.3 is 0 Å². The summed E-state index contributed by atoms with van der Waals surface area (Å²) >= 11 is 5.77. The van der Waals surface area contributed by atoms with Crippen molar-refractivity contribution >= 4 is 22.6 Å². The average molecular weight is 262 g/mol. The molecule has 0 spiro atoms. The van der Waals surface area contributed by atoms with Gasteiger partial charge < -0.3 is 0 Å². The Hall–Kier alpha value is -2.21. The van der Waals surface area contributed by atoms with E-state index in [0.717, 1.165) is 0 Å². The molecular weight excluding hydrogens is 254 g/mol. The Kier molecular flexibility index (Phi) is 2.38. The highest BCUT2D eigenvalue weighted by atomic mass is 35.5. The molecule has 0 radical (unpaired) electrons. The summed E-state index contributed by atoms with van der Waals surface area (Å²) in [5.41, 5.74) is 0.258. The largest absolute Gasteiger partial charge is 0.277 e. The first kappa shape index (κ1) is 10.9. The fraction of sp³-hybridized carbons (Fsp3) is 0.0909. The second-order valence-corrected chi connectivity index (χ2v) is 4.04. The van der Waals surface area contributed by atoms with Gasteiger partial charge in [0.2, 0.25) is 5.28 Å². The molecule has 0 aliphatic heterocycles. The molecule has 90 valence electrons. The smallest absolute Gasteiger partial charge is 0.267 e. The normalized spacial score (nSPS) is 11.0. The summed E-state index contributed by atoms with van der Waals surface area (Å²) in [7, 11) is 1.65. The lowest BCUT2D eigenvalue weighted by atomic mass is 10.4. The van der Waals surface area contributed by atoms with Gasteiger partial charge in [-0.2, -0.15) is 4.98 Å². The Bertz CT molecular complexity index is 777. The van der Waals surface area contributed by atoms with Crippen molar-refractivity contribution in [1.29, 1.82) is 0 Å². The molecule has 0 atom stereocenters. The van der Waals surface area contributed by atoms with Crippen LogP contribution in [0, 0.1) is 0 Å². The number of halogens is 1. The third-order valence-electron chi connectivity index (χ3n) is 2.63. The van der Waals surface area contributed by atoms with Crippen LogP contribution >= 0.6 is 11.6 Å². The molecule has 3 heterocycles. The number of fused-ring (bicyclic) bond motifs is 1. The zero-order valence-electron chi connectivity index (χ0n) is 9.41. The van der Waals surface area contributed by atoms with E-state index in [0.29, 0.717) is 16.9 Å². The number of aromatic nitrogens is 5. The lowest BCUT2D eigenvalue weighted by Crippen LogP contribution is -2.18. The first-order chi connectivity index (χ1) is 8.68. The van der Waals surface area contributed by atoms with E-state index in [4.69, 9.17) is 11.6 Å². The molecule has 3 aromatic rings. The first-order valence-electron chi connectivity index (χ1n) is 5.20. The molecule has 0 amide bonds. The quantitative estimate of drug-likeness (QED) is 0.617. The van der Waals surface area contributed by atoms with Gasteiger partial charge in [-0.15, -0.1) is 0 Å². The van der Waals surface area contributed by atoms with Gasteiger partial charge in [-0.25, -0.2) is 19.3 Å². The van der Waals surface area contributed by atoms with Crippen molar-refractivity contribution in [2.24, 2.45) is 7.05 Å². The van der Waals surface area contributed by atoms with E-state index in [-0.39, 0.29) is 10.8 Å². The topological polar surface area (TPSA) is 65.6 Å². The summed E-state index contributed by atoms with van der Waals surface area (Å²) in [6.07, 6.45) is 3.07. The van der Waals surface area contributed by atoms with Gasteiger partial charge in [-0.1, -0.05) is 6.07 Å². The fourth-order valence-electron chi connectivity index (χ4n) is 1.81. The van der Waals surface area contributed by atoms with E-state index in [1.165, 1.54) is 10.9 Å². The molecule has 7 heteroatoms. The van der Waals surface area contributed by atoms with Gasteiger partial charge in [-0.05, 0) is 23.7 Å². The molecule has 0 bridgehead atoms. The summed E-state index contributed by atoms with van der Waals surface area (Å²) in [5.74, 6) is 0.599. The zero-order valence-corrected chi connectivity index (χ0v) is 10.2. The Balaban J connectivity index is 2.46. The molecule has 6 nitrogen and oxygen atoms in total. The number of pyridine rings is 1. The number of hydrogen-bond acceptors (Lipinski definition) is 4. The predicted molar refractivity (Wildman–Crippen MR) is 66.9 cm³/mol. The second kappa shape index (κ2) is 3.92. The fourth-order valence-corrected chi connectivity index (χ4v) is 1.94. The van der Waals surface area contributed by atoms with Crippen LogP contribution in [0.15, 0.2) is 35.4 Å². The molecular formula is C11H8ClN5O. The Morgan fingerprint density at radius 2 is 2.11 bits per heavy atom. The lowest BCUT2D eigenvalue weighted by molar-refractivity contribution is 0.641. The summed E-state index contributed by atoms with van der Waals surface area (Å²) in [4.78, 5) is 24.1. The van der Waals surface area contributed by atoms with Crippen molar-refractivity contribution < 1.29 is 0 Å². The Labute approximate surface area is 106 Å². The molecule has 3 aromatic heterocycles. The van der Waals surface area contributed by atoms with Crippen LogP contribution < -0.4 is 5.56 Å². The van der Waals surface area contributed by atoms with Crippen molar-refractivity contribution in [3.8, 4) is 5.82 Å². The second-order valence-electron chi connectivity index (χ2n) is 3.70. The molecule has 0 fully saturated rings. The van der Waals surface area contributed by atoms with Crippen LogP contribution in [0.5, 0.6) is 0 Å². The van der Waals surface area contributed by atoms with E-state index in [9.17, 15) is 4.79 Å². The first-order valence-corrected chi connectivity index (χ1v) is 5.58. The maximum atomic E-state index is 12.0. The summed E-state index contributed by atoms with van der Waals surface area (Å²) in [6.45, 7) is 0. The van der Waals surface area contributed by atoms with E-state index in [1.807, 2.05) is 6.07 Å². The summed E-state index contributed by atoms with van der Waals surface area (Å²) in [5, 5.41) is 0.505. The molecule has 0 saturated heterocycles. The number of nitrogens with zero attached hydrogens (tertiary/aromatic N) is 5. The molecule has 18 heavy (non-hydrogen) atoms. The van der Waals surface area contributed by atoms with Gasteiger partial charge in [0.05, 0.1) is 0 Å². The van der Waals surface area contributed by atoms with Crippen molar-refractivity contribution in [3.05, 3.63) is 46.2 Å². The van der Waals surface area contributed by atoms with Crippen LogP contribution in [-0.4, -0.2) is 24.3 Å². The minimum absolute atomic E-state index is 0.0952. The SMILES string of the molecule is Cn1c(=O)c2cnc(Cl)nc2n1-c1ccccn1. The molecule has 0 aromatic carbocycles. The van der Waals surface area contributed by atoms with E-state index in [2.05, 4.69) is 15.0 Å². The minimum atomic E-state index is -0.188. The predicted octanol–water partition coefficient (Wildman–Crippen LogP) is 1.17. The molecule has 0 saturated carbocycles. The number of hydrogen-bond donors (Lipinski definition) is 0. The highest BCUT2D eigenvalue weighted by Gasteiger charge is 2.14. The monoisotopic (exact) mass is 261 g/mol. The van der Waals surface area contributed by atoms with Crippen LogP contribution in [0.1, 0.15) is 0 Å². The molecule has 0 aliphatic rings. The summed E-state index contributed by atoms with van der Waals surface area (Å²) < 4.78 is 3.03. The van der Waals surface area contributed by atoms with Crippen molar-refractivity contribution in [3.63, 3.8) is 0 Å². The van der Waals surface area contributed by atoms with Gasteiger partial charge in [0.1, 0.15) is 5.39 Å². The highest BCUT2D eigenvalue weighted by molar-refractivity contribution is 6.28. The maximum Gasteiger partial charge on any atom is 0.277 e. The van der Waals surface area contributed by atoms with Crippen LogP contribution in [0.2, 0.25) is 5.28 Å². The molecule has 0 aliphatic carbocycles. The third-order valence-corrected chi connectivity index (χ3v) is 2.81. The average Bonchev–Trinajstić information content (AvgIpc) is 2.63. The van der Waals surface area contributed by atoms with Gasteiger partial charge in [-0.3, -0.25) is 4.79 Å². The third kappa shape index (κ3) is 1.50. The van der Waals surface area contributed by atoms with Crippen molar-refractivity contribution in [2.75, 3.05) is 0 Å². The van der Waals surface area contributed by atoms with Gasteiger partial charge in [0, 0.05) is 19.4 Å². The van der Waals surface area contributed by atoms with E-state index >= 15 is 0 Å².